The number of esters is 1. The van der Waals surface area contributed by atoms with Gasteiger partial charge in [0.2, 0.25) is 0 Å². The van der Waals surface area contributed by atoms with Crippen LogP contribution in [-0.4, -0.2) is 18.4 Å². The number of hydrogen-bond donors (Lipinski definition) is 0. The third-order valence-corrected chi connectivity index (χ3v) is 2.69. The first-order chi connectivity index (χ1) is 8.84. The highest BCUT2D eigenvalue weighted by Crippen LogP contribution is 2.22. The van der Waals surface area contributed by atoms with E-state index in [4.69, 9.17) is 4.74 Å². The lowest BCUT2D eigenvalue weighted by atomic mass is 9.86. The molecule has 0 radical (unpaired) electrons. The first-order valence-electron chi connectivity index (χ1n) is 6.34. The van der Waals surface area contributed by atoms with Crippen LogP contribution >= 0.6 is 0 Å². The van der Waals surface area contributed by atoms with Crippen molar-refractivity contribution in [3.8, 4) is 0 Å². The maximum atomic E-state index is 11.8. The van der Waals surface area contributed by atoms with Crippen LogP contribution in [0.5, 0.6) is 0 Å². The molecular weight excluding hydrogens is 240 g/mol. The van der Waals surface area contributed by atoms with Crippen LogP contribution in [0.25, 0.3) is 0 Å². The molecule has 0 aliphatic carbocycles. The van der Waals surface area contributed by atoms with E-state index in [1.54, 1.807) is 19.1 Å². The van der Waals surface area contributed by atoms with Crippen molar-refractivity contribution < 1.29 is 14.3 Å². The Kier molecular flexibility index (Phi) is 5.04. The van der Waals surface area contributed by atoms with Gasteiger partial charge in [-0.25, -0.2) is 4.79 Å². The van der Waals surface area contributed by atoms with E-state index in [1.807, 2.05) is 12.1 Å². The number of ketones is 1. The lowest BCUT2D eigenvalue weighted by Crippen LogP contribution is -2.11. The molecule has 102 valence electrons. The summed E-state index contributed by atoms with van der Waals surface area (Å²) in [4.78, 5) is 22.9. The number of benzene rings is 1. The molecule has 1 aromatic rings. The average molecular weight is 260 g/mol. The molecule has 0 fully saturated rings. The van der Waals surface area contributed by atoms with Gasteiger partial charge < -0.3 is 4.74 Å². The first kappa shape index (κ1) is 15.2. The van der Waals surface area contributed by atoms with E-state index in [0.717, 1.165) is 6.08 Å². The lowest BCUT2D eigenvalue weighted by molar-refractivity contribution is -0.137. The summed E-state index contributed by atoms with van der Waals surface area (Å²) in [5, 5.41) is 0. The van der Waals surface area contributed by atoms with Gasteiger partial charge in [-0.1, -0.05) is 45.0 Å². The molecule has 0 amide bonds. The Labute approximate surface area is 114 Å². The van der Waals surface area contributed by atoms with Gasteiger partial charge in [0.05, 0.1) is 6.61 Å². The minimum atomic E-state index is -0.498. The van der Waals surface area contributed by atoms with Gasteiger partial charge in [-0.2, -0.15) is 0 Å². The Morgan fingerprint density at radius 2 is 1.68 bits per heavy atom. The third-order valence-electron chi connectivity index (χ3n) is 2.69. The molecule has 0 unspecified atom stereocenters. The molecular formula is C16H20O3. The minimum absolute atomic E-state index is 0.0579. The summed E-state index contributed by atoms with van der Waals surface area (Å²) in [6.45, 7) is 8.37. The highest BCUT2D eigenvalue weighted by Gasteiger charge is 2.13. The minimum Gasteiger partial charge on any atom is -0.463 e. The van der Waals surface area contributed by atoms with E-state index in [-0.39, 0.29) is 11.2 Å². The molecule has 3 nitrogen and oxygen atoms in total. The van der Waals surface area contributed by atoms with E-state index in [0.29, 0.717) is 12.2 Å². The fourth-order valence-electron chi connectivity index (χ4n) is 1.56. The highest BCUT2D eigenvalue weighted by atomic mass is 16.5. The van der Waals surface area contributed by atoms with Crippen molar-refractivity contribution in [1.29, 1.82) is 0 Å². The van der Waals surface area contributed by atoms with Crippen molar-refractivity contribution in [1.82, 2.24) is 0 Å². The number of carbonyl (C=O) groups is 2. The van der Waals surface area contributed by atoms with Crippen LogP contribution in [0.2, 0.25) is 0 Å². The monoisotopic (exact) mass is 260 g/mol. The summed E-state index contributed by atoms with van der Waals surface area (Å²) >= 11 is 0. The normalized spacial score (nSPS) is 11.6. The second-order valence-electron chi connectivity index (χ2n) is 5.28. The molecule has 0 saturated carbocycles. The maximum Gasteiger partial charge on any atom is 0.330 e. The predicted octanol–water partition coefficient (Wildman–Crippen LogP) is 3.29. The number of rotatable bonds is 4. The SMILES string of the molecule is CCOC(=O)/C=C\C(=O)c1ccc(C(C)(C)C)cc1. The molecule has 19 heavy (non-hydrogen) atoms. The molecule has 1 aromatic carbocycles. The number of allylic oxidation sites excluding steroid dienone is 1. The first-order valence-corrected chi connectivity index (χ1v) is 6.34. The van der Waals surface area contributed by atoms with Gasteiger partial charge in [-0.3, -0.25) is 4.79 Å². The quantitative estimate of drug-likeness (QED) is 0.474. The van der Waals surface area contributed by atoms with E-state index < -0.39 is 5.97 Å². The van der Waals surface area contributed by atoms with Crippen LogP contribution < -0.4 is 0 Å². The second kappa shape index (κ2) is 6.32. The highest BCUT2D eigenvalue weighted by molar-refractivity contribution is 6.07. The van der Waals surface area contributed by atoms with Crippen molar-refractivity contribution >= 4 is 11.8 Å². The van der Waals surface area contributed by atoms with Crippen LogP contribution in [0, 0.1) is 0 Å². The Balaban J connectivity index is 2.76. The summed E-state index contributed by atoms with van der Waals surface area (Å²) < 4.78 is 4.71. The topological polar surface area (TPSA) is 43.4 Å². The van der Waals surface area contributed by atoms with E-state index in [2.05, 4.69) is 20.8 Å². The summed E-state index contributed by atoms with van der Waals surface area (Å²) in [5.41, 5.74) is 1.79. The van der Waals surface area contributed by atoms with Crippen molar-refractivity contribution in [2.24, 2.45) is 0 Å². The summed E-state index contributed by atoms with van der Waals surface area (Å²) in [6.07, 6.45) is 2.40. The molecule has 0 aliphatic rings. The van der Waals surface area contributed by atoms with Gasteiger partial charge in [0, 0.05) is 11.6 Å². The molecule has 0 heterocycles. The van der Waals surface area contributed by atoms with Crippen LogP contribution in [0.4, 0.5) is 0 Å². The Morgan fingerprint density at radius 1 is 1.11 bits per heavy atom. The number of ether oxygens (including phenoxy) is 1. The number of hydrogen-bond acceptors (Lipinski definition) is 3. The average Bonchev–Trinajstić information content (AvgIpc) is 2.35. The third kappa shape index (κ3) is 4.70. The van der Waals surface area contributed by atoms with Crippen LogP contribution in [0.15, 0.2) is 36.4 Å². The van der Waals surface area contributed by atoms with Crippen molar-refractivity contribution in [2.45, 2.75) is 33.1 Å². The van der Waals surface area contributed by atoms with E-state index >= 15 is 0 Å². The molecule has 0 N–H and O–H groups in total. The van der Waals surface area contributed by atoms with E-state index in [9.17, 15) is 9.59 Å². The zero-order chi connectivity index (χ0) is 14.5. The Bertz CT molecular complexity index is 476. The van der Waals surface area contributed by atoms with Gasteiger partial charge in [-0.15, -0.1) is 0 Å². The Morgan fingerprint density at radius 3 is 2.16 bits per heavy atom. The molecule has 0 bridgehead atoms. The van der Waals surface area contributed by atoms with Crippen LogP contribution in [0.1, 0.15) is 43.6 Å². The molecule has 3 heteroatoms. The fourth-order valence-corrected chi connectivity index (χ4v) is 1.56. The van der Waals surface area contributed by atoms with Gasteiger partial charge in [0.15, 0.2) is 5.78 Å². The summed E-state index contributed by atoms with van der Waals surface area (Å²) in [5.74, 6) is -0.698. The van der Waals surface area contributed by atoms with Gasteiger partial charge in [-0.05, 0) is 24.0 Å². The second-order valence-corrected chi connectivity index (χ2v) is 5.28. The molecule has 1 rings (SSSR count). The molecule has 0 atom stereocenters. The predicted molar refractivity (Wildman–Crippen MR) is 75.2 cm³/mol. The summed E-state index contributed by atoms with van der Waals surface area (Å²) in [6, 6.07) is 7.42. The van der Waals surface area contributed by atoms with Crippen LogP contribution in [-0.2, 0) is 14.9 Å². The summed E-state index contributed by atoms with van der Waals surface area (Å²) in [7, 11) is 0. The molecule has 0 saturated heterocycles. The van der Waals surface area contributed by atoms with Gasteiger partial charge in [0.25, 0.3) is 0 Å². The Hall–Kier alpha value is -1.90. The largest absolute Gasteiger partial charge is 0.463 e. The van der Waals surface area contributed by atoms with Gasteiger partial charge >= 0.3 is 5.97 Å². The van der Waals surface area contributed by atoms with Crippen molar-refractivity contribution in [3.63, 3.8) is 0 Å². The van der Waals surface area contributed by atoms with Crippen molar-refractivity contribution in [3.05, 3.63) is 47.5 Å². The molecule has 0 aliphatic heterocycles. The standard InChI is InChI=1S/C16H20O3/c1-5-19-15(18)11-10-14(17)12-6-8-13(9-7-12)16(2,3)4/h6-11H,5H2,1-4H3/b11-10-. The van der Waals surface area contributed by atoms with Gasteiger partial charge in [0.1, 0.15) is 0 Å². The van der Waals surface area contributed by atoms with Crippen LogP contribution in [0.3, 0.4) is 0 Å². The number of carbonyl (C=O) groups excluding carboxylic acids is 2. The molecule has 0 aromatic heterocycles. The smallest absolute Gasteiger partial charge is 0.330 e. The lowest BCUT2D eigenvalue weighted by Gasteiger charge is -2.18. The zero-order valence-corrected chi connectivity index (χ0v) is 11.9. The van der Waals surface area contributed by atoms with E-state index in [1.165, 1.54) is 11.6 Å². The maximum absolute atomic E-state index is 11.8. The zero-order valence-electron chi connectivity index (χ0n) is 11.9. The molecule has 0 spiro atoms. The van der Waals surface area contributed by atoms with Crippen molar-refractivity contribution in [2.75, 3.05) is 6.61 Å². The fraction of sp³-hybridized carbons (Fsp3) is 0.375.